The van der Waals surface area contributed by atoms with Gasteiger partial charge < -0.3 is 10.4 Å². The first-order valence-corrected chi connectivity index (χ1v) is 6.82. The molecule has 98 valence electrons. The number of amides is 1. The topological polar surface area (TPSA) is 79.3 Å². The molecule has 2 N–H and O–H groups in total. The Balaban J connectivity index is 2.30. The van der Waals surface area contributed by atoms with E-state index in [9.17, 15) is 9.59 Å². The Morgan fingerprint density at radius 1 is 1.37 bits per heavy atom. The molecule has 1 heterocycles. The Hall–Kier alpha value is -1.73. The van der Waals surface area contributed by atoms with E-state index < -0.39 is 5.97 Å². The lowest BCUT2D eigenvalue weighted by molar-refractivity contribution is 0.0697. The third-order valence-corrected chi connectivity index (χ3v) is 3.97. The lowest BCUT2D eigenvalue weighted by atomic mass is 10.2. The highest BCUT2D eigenvalue weighted by molar-refractivity contribution is 9.10. The Labute approximate surface area is 121 Å². The molecule has 1 amide bonds. The van der Waals surface area contributed by atoms with Crippen LogP contribution in [-0.4, -0.2) is 21.4 Å². The van der Waals surface area contributed by atoms with E-state index in [1.165, 1.54) is 0 Å². The second-order valence-corrected chi connectivity index (χ2v) is 5.34. The van der Waals surface area contributed by atoms with Gasteiger partial charge in [-0.25, -0.2) is 4.79 Å². The summed E-state index contributed by atoms with van der Waals surface area (Å²) in [6.45, 7) is 1.59. The molecule has 0 aliphatic heterocycles. The summed E-state index contributed by atoms with van der Waals surface area (Å²) in [5.41, 5.74) is 0.857. The number of nitrogens with zero attached hydrogens (tertiary/aromatic N) is 1. The number of carboxylic acid groups (broad SMARTS) is 1. The number of aromatic carboxylic acids is 1. The van der Waals surface area contributed by atoms with Crippen molar-refractivity contribution < 1.29 is 14.7 Å². The van der Waals surface area contributed by atoms with Gasteiger partial charge in [0.1, 0.15) is 10.6 Å². The van der Waals surface area contributed by atoms with Crippen molar-refractivity contribution in [2.24, 2.45) is 0 Å². The van der Waals surface area contributed by atoms with Crippen LogP contribution in [0.2, 0.25) is 0 Å². The Bertz CT molecular complexity index is 654. The van der Waals surface area contributed by atoms with Crippen molar-refractivity contribution >= 4 is 44.3 Å². The predicted molar refractivity (Wildman–Crippen MR) is 75.9 cm³/mol. The second kappa shape index (κ2) is 5.50. The molecule has 0 atom stereocenters. The number of carbonyl (C=O) groups excluding carboxylic acids is 1. The molecular weight excluding hydrogens is 332 g/mol. The van der Waals surface area contributed by atoms with Gasteiger partial charge in [-0.15, -0.1) is 0 Å². The summed E-state index contributed by atoms with van der Waals surface area (Å²) < 4.78 is 4.59. The molecule has 0 bridgehead atoms. The highest BCUT2D eigenvalue weighted by Gasteiger charge is 2.20. The van der Waals surface area contributed by atoms with Gasteiger partial charge in [-0.05, 0) is 46.5 Å². The van der Waals surface area contributed by atoms with Gasteiger partial charge in [0.15, 0.2) is 0 Å². The van der Waals surface area contributed by atoms with E-state index in [0.29, 0.717) is 15.7 Å². The van der Waals surface area contributed by atoms with E-state index in [1.54, 1.807) is 31.2 Å². The maximum atomic E-state index is 12.1. The third kappa shape index (κ3) is 2.82. The van der Waals surface area contributed by atoms with Gasteiger partial charge in [-0.3, -0.25) is 4.79 Å². The predicted octanol–water partition coefficient (Wildman–Crippen LogP) is 3.16. The molecule has 1 aromatic carbocycles. The summed E-state index contributed by atoms with van der Waals surface area (Å²) in [5, 5.41) is 11.9. The summed E-state index contributed by atoms with van der Waals surface area (Å²) in [6, 6.07) is 6.91. The summed E-state index contributed by atoms with van der Waals surface area (Å²) in [4.78, 5) is 23.2. The molecular formula is C12H9BrN2O3S. The number of aromatic nitrogens is 1. The smallest absolute Gasteiger partial charge is 0.340 e. The Kier molecular flexibility index (Phi) is 3.96. The quantitative estimate of drug-likeness (QED) is 0.899. The van der Waals surface area contributed by atoms with Crippen LogP contribution in [-0.2, 0) is 0 Å². The summed E-state index contributed by atoms with van der Waals surface area (Å²) in [7, 11) is 0. The number of carbonyl (C=O) groups is 2. The number of anilines is 1. The number of hydrogen-bond acceptors (Lipinski definition) is 4. The van der Waals surface area contributed by atoms with E-state index in [0.717, 1.165) is 11.5 Å². The summed E-state index contributed by atoms with van der Waals surface area (Å²) in [5.74, 6) is -1.48. The zero-order chi connectivity index (χ0) is 14.0. The fourth-order valence-electron chi connectivity index (χ4n) is 1.52. The van der Waals surface area contributed by atoms with Crippen molar-refractivity contribution in [3.05, 3.63) is 45.6 Å². The number of nitrogens with one attached hydrogen (secondary N) is 1. The van der Waals surface area contributed by atoms with Gasteiger partial charge in [-0.1, -0.05) is 12.1 Å². The molecule has 1 aromatic heterocycles. The van der Waals surface area contributed by atoms with E-state index in [1.807, 2.05) is 0 Å². The lowest BCUT2D eigenvalue weighted by Crippen LogP contribution is -2.14. The van der Waals surface area contributed by atoms with Crippen LogP contribution < -0.4 is 5.32 Å². The minimum Gasteiger partial charge on any atom is -0.478 e. The molecule has 0 aliphatic carbocycles. The van der Waals surface area contributed by atoms with Crippen LogP contribution in [0.5, 0.6) is 0 Å². The van der Waals surface area contributed by atoms with Crippen molar-refractivity contribution in [3.8, 4) is 0 Å². The largest absolute Gasteiger partial charge is 0.478 e. The molecule has 19 heavy (non-hydrogen) atoms. The fourth-order valence-corrected chi connectivity index (χ4v) is 2.77. The Morgan fingerprint density at radius 2 is 2.05 bits per heavy atom. The number of aryl methyl sites for hydroxylation is 1. The minimum atomic E-state index is -1.10. The number of carboxylic acids is 1. The first-order chi connectivity index (χ1) is 9.00. The number of halogens is 1. The number of benzene rings is 1. The zero-order valence-corrected chi connectivity index (χ0v) is 12.2. The molecule has 0 fully saturated rings. The Morgan fingerprint density at radius 3 is 2.68 bits per heavy atom. The van der Waals surface area contributed by atoms with Gasteiger partial charge >= 0.3 is 5.97 Å². The highest BCUT2D eigenvalue weighted by atomic mass is 79.9. The number of rotatable bonds is 3. The van der Waals surface area contributed by atoms with Crippen LogP contribution in [0.15, 0.2) is 28.7 Å². The average molecular weight is 341 g/mol. The van der Waals surface area contributed by atoms with Gasteiger partial charge in [0, 0.05) is 4.47 Å². The maximum Gasteiger partial charge on any atom is 0.340 e. The van der Waals surface area contributed by atoms with Crippen molar-refractivity contribution in [1.82, 2.24) is 4.37 Å². The summed E-state index contributed by atoms with van der Waals surface area (Å²) in [6.07, 6.45) is 0. The van der Waals surface area contributed by atoms with Gasteiger partial charge in [0.05, 0.1) is 11.3 Å². The van der Waals surface area contributed by atoms with Crippen LogP contribution in [0.1, 0.15) is 26.4 Å². The molecule has 0 saturated carbocycles. The summed E-state index contributed by atoms with van der Waals surface area (Å²) >= 11 is 4.23. The molecule has 0 radical (unpaired) electrons. The van der Waals surface area contributed by atoms with Crippen molar-refractivity contribution in [2.45, 2.75) is 6.92 Å². The third-order valence-electron chi connectivity index (χ3n) is 2.42. The second-order valence-electron chi connectivity index (χ2n) is 3.71. The zero-order valence-electron chi connectivity index (χ0n) is 9.81. The monoisotopic (exact) mass is 340 g/mol. The molecule has 0 unspecified atom stereocenters. The number of hydrogen-bond donors (Lipinski definition) is 2. The van der Waals surface area contributed by atoms with Crippen molar-refractivity contribution in [1.29, 1.82) is 0 Å². The average Bonchev–Trinajstić information content (AvgIpc) is 2.70. The van der Waals surface area contributed by atoms with Gasteiger partial charge in [0.2, 0.25) is 0 Å². The van der Waals surface area contributed by atoms with Gasteiger partial charge in [-0.2, -0.15) is 4.37 Å². The molecule has 7 heteroatoms. The van der Waals surface area contributed by atoms with E-state index >= 15 is 0 Å². The lowest BCUT2D eigenvalue weighted by Gasteiger charge is -2.05. The van der Waals surface area contributed by atoms with Crippen molar-refractivity contribution in [2.75, 3.05) is 5.32 Å². The molecule has 2 aromatic rings. The van der Waals surface area contributed by atoms with Crippen molar-refractivity contribution in [3.63, 3.8) is 0 Å². The normalized spacial score (nSPS) is 10.2. The van der Waals surface area contributed by atoms with Crippen LogP contribution in [0, 0.1) is 6.92 Å². The fraction of sp³-hybridized carbons (Fsp3) is 0.0833. The van der Waals surface area contributed by atoms with E-state index in [-0.39, 0.29) is 16.5 Å². The first kappa shape index (κ1) is 13.7. The first-order valence-electron chi connectivity index (χ1n) is 5.26. The molecule has 0 aliphatic rings. The van der Waals surface area contributed by atoms with E-state index in [4.69, 9.17) is 5.11 Å². The molecule has 2 rings (SSSR count). The van der Waals surface area contributed by atoms with E-state index in [2.05, 4.69) is 25.6 Å². The molecule has 0 saturated heterocycles. The maximum absolute atomic E-state index is 12.1. The SMILES string of the molecule is Cc1nsc(NC(=O)c2ccccc2Br)c1C(=O)O. The minimum absolute atomic E-state index is 0.0328. The standard InChI is InChI=1S/C12H9BrN2O3S/c1-6-9(12(17)18)11(19-15-6)14-10(16)7-4-2-3-5-8(7)13/h2-5H,1H3,(H,14,16)(H,17,18). The molecule has 0 spiro atoms. The van der Waals surface area contributed by atoms with Crippen LogP contribution >= 0.6 is 27.5 Å². The van der Waals surface area contributed by atoms with Gasteiger partial charge in [0.25, 0.3) is 5.91 Å². The van der Waals surface area contributed by atoms with Crippen LogP contribution in [0.25, 0.3) is 0 Å². The molecule has 5 nitrogen and oxygen atoms in total. The van der Waals surface area contributed by atoms with Crippen LogP contribution in [0.3, 0.4) is 0 Å². The van der Waals surface area contributed by atoms with Crippen LogP contribution in [0.4, 0.5) is 5.00 Å². The highest BCUT2D eigenvalue weighted by Crippen LogP contribution is 2.26.